The van der Waals surface area contributed by atoms with Crippen molar-refractivity contribution in [3.05, 3.63) is 36.0 Å². The number of nitrogens with zero attached hydrogens (tertiary/aromatic N) is 3. The maximum Gasteiger partial charge on any atom is 0.124 e. The Balaban J connectivity index is 2.14. The van der Waals surface area contributed by atoms with Gasteiger partial charge in [0.05, 0.1) is 12.7 Å². The molecule has 0 aromatic carbocycles. The first-order valence-corrected chi connectivity index (χ1v) is 3.73. The van der Waals surface area contributed by atoms with Crippen LogP contribution >= 0.6 is 0 Å². The predicted octanol–water partition coefficient (Wildman–Crippen LogP) is 1.23. The topological polar surface area (TPSA) is 43.9 Å². The summed E-state index contributed by atoms with van der Waals surface area (Å²) in [5.74, 6) is 0. The van der Waals surface area contributed by atoms with Gasteiger partial charge in [-0.25, -0.2) is 0 Å². The molecule has 2 rings (SSSR count). The zero-order valence-corrected chi connectivity index (χ0v) is 6.77. The molecule has 0 N–H and O–H groups in total. The number of rotatable bonds is 2. The second-order valence-electron chi connectivity index (χ2n) is 2.71. The number of aromatic nitrogens is 3. The van der Waals surface area contributed by atoms with Gasteiger partial charge in [0.2, 0.25) is 0 Å². The molecular formula is C8H9N3O. The molecule has 0 aliphatic carbocycles. The minimum absolute atomic E-state index is 0.671. The van der Waals surface area contributed by atoms with Crippen molar-refractivity contribution >= 4 is 0 Å². The quantitative estimate of drug-likeness (QED) is 0.668. The van der Waals surface area contributed by atoms with Crippen LogP contribution in [0, 0.1) is 6.92 Å². The van der Waals surface area contributed by atoms with Crippen molar-refractivity contribution in [2.45, 2.75) is 13.5 Å². The summed E-state index contributed by atoms with van der Waals surface area (Å²) in [6.07, 6.45) is 5.35. The zero-order valence-electron chi connectivity index (χ0n) is 6.77. The van der Waals surface area contributed by atoms with Gasteiger partial charge in [-0.05, 0) is 12.5 Å². The standard InChI is InChI=1S/C8H9N3O/c1-7-4-9-11(5-7)6-8-2-3-12-10-8/h2-5H,6H2,1H3. The molecule has 2 aromatic heterocycles. The molecule has 4 nitrogen and oxygen atoms in total. The van der Waals surface area contributed by atoms with Crippen LogP contribution < -0.4 is 0 Å². The first kappa shape index (κ1) is 7.09. The lowest BCUT2D eigenvalue weighted by Gasteiger charge is -1.94. The number of aryl methyl sites for hydroxylation is 1. The van der Waals surface area contributed by atoms with Crippen LogP contribution in [0.5, 0.6) is 0 Å². The third kappa shape index (κ3) is 1.37. The highest BCUT2D eigenvalue weighted by molar-refractivity contribution is 5.02. The fourth-order valence-electron chi connectivity index (χ4n) is 1.04. The van der Waals surface area contributed by atoms with Crippen molar-refractivity contribution < 1.29 is 4.52 Å². The molecule has 0 saturated heterocycles. The second-order valence-corrected chi connectivity index (χ2v) is 2.71. The molecule has 4 heteroatoms. The SMILES string of the molecule is Cc1cnn(Cc2ccon2)c1. The molecule has 0 amide bonds. The number of hydrogen-bond donors (Lipinski definition) is 0. The Morgan fingerprint density at radius 1 is 1.58 bits per heavy atom. The van der Waals surface area contributed by atoms with E-state index in [1.165, 1.54) is 0 Å². The van der Waals surface area contributed by atoms with Crippen LogP contribution in [0.25, 0.3) is 0 Å². The van der Waals surface area contributed by atoms with Crippen molar-refractivity contribution in [2.24, 2.45) is 0 Å². The van der Waals surface area contributed by atoms with Crippen molar-refractivity contribution in [1.29, 1.82) is 0 Å². The Hall–Kier alpha value is -1.58. The minimum Gasteiger partial charge on any atom is -0.364 e. The predicted molar refractivity (Wildman–Crippen MR) is 42.6 cm³/mol. The van der Waals surface area contributed by atoms with Crippen LogP contribution in [-0.2, 0) is 6.54 Å². The maximum atomic E-state index is 4.70. The summed E-state index contributed by atoms with van der Waals surface area (Å²) < 4.78 is 6.53. The van der Waals surface area contributed by atoms with E-state index in [1.807, 2.05) is 30.1 Å². The average Bonchev–Trinajstić information content (AvgIpc) is 2.63. The van der Waals surface area contributed by atoms with Crippen LogP contribution in [0.2, 0.25) is 0 Å². The smallest absolute Gasteiger partial charge is 0.124 e. The molecule has 0 spiro atoms. The van der Waals surface area contributed by atoms with Crippen molar-refractivity contribution in [3.63, 3.8) is 0 Å². The van der Waals surface area contributed by atoms with Gasteiger partial charge in [-0.3, -0.25) is 4.68 Å². The molecule has 0 unspecified atom stereocenters. The van der Waals surface area contributed by atoms with E-state index in [2.05, 4.69) is 10.3 Å². The molecule has 0 aliphatic heterocycles. The minimum atomic E-state index is 0.671. The summed E-state index contributed by atoms with van der Waals surface area (Å²) in [6, 6.07) is 1.83. The lowest BCUT2D eigenvalue weighted by molar-refractivity contribution is 0.408. The molecule has 0 bridgehead atoms. The summed E-state index contributed by atoms with van der Waals surface area (Å²) in [5.41, 5.74) is 2.04. The summed E-state index contributed by atoms with van der Waals surface area (Å²) in [6.45, 7) is 2.68. The van der Waals surface area contributed by atoms with Crippen molar-refractivity contribution in [2.75, 3.05) is 0 Å². The maximum absolute atomic E-state index is 4.70. The van der Waals surface area contributed by atoms with Gasteiger partial charge in [0.1, 0.15) is 12.0 Å². The fourth-order valence-corrected chi connectivity index (χ4v) is 1.04. The molecular weight excluding hydrogens is 154 g/mol. The Labute approximate surface area is 69.8 Å². The highest BCUT2D eigenvalue weighted by atomic mass is 16.5. The Kier molecular flexibility index (Phi) is 1.66. The van der Waals surface area contributed by atoms with Gasteiger partial charge in [-0.1, -0.05) is 5.16 Å². The average molecular weight is 163 g/mol. The van der Waals surface area contributed by atoms with E-state index in [-0.39, 0.29) is 0 Å². The molecule has 0 fully saturated rings. The summed E-state index contributed by atoms with van der Waals surface area (Å²) in [7, 11) is 0. The van der Waals surface area contributed by atoms with E-state index < -0.39 is 0 Å². The van der Waals surface area contributed by atoms with Gasteiger partial charge in [-0.2, -0.15) is 5.10 Å². The zero-order chi connectivity index (χ0) is 8.39. The van der Waals surface area contributed by atoms with Gasteiger partial charge in [-0.15, -0.1) is 0 Å². The number of hydrogen-bond acceptors (Lipinski definition) is 3. The van der Waals surface area contributed by atoms with Crippen LogP contribution in [0.15, 0.2) is 29.2 Å². The second kappa shape index (κ2) is 2.81. The van der Waals surface area contributed by atoms with Crippen molar-refractivity contribution in [1.82, 2.24) is 14.9 Å². The summed E-state index contributed by atoms with van der Waals surface area (Å²) >= 11 is 0. The van der Waals surface area contributed by atoms with Gasteiger partial charge < -0.3 is 4.52 Å². The first-order chi connectivity index (χ1) is 5.84. The van der Waals surface area contributed by atoms with Gasteiger partial charge in [0.25, 0.3) is 0 Å². The molecule has 12 heavy (non-hydrogen) atoms. The molecule has 2 heterocycles. The monoisotopic (exact) mass is 163 g/mol. The van der Waals surface area contributed by atoms with Gasteiger partial charge in [0, 0.05) is 12.3 Å². The van der Waals surface area contributed by atoms with E-state index in [0.29, 0.717) is 6.54 Å². The fraction of sp³-hybridized carbons (Fsp3) is 0.250. The van der Waals surface area contributed by atoms with Gasteiger partial charge >= 0.3 is 0 Å². The third-order valence-corrected chi connectivity index (χ3v) is 1.58. The molecule has 2 aromatic rings. The molecule has 0 atom stereocenters. The van der Waals surface area contributed by atoms with E-state index in [1.54, 1.807) is 6.26 Å². The lowest BCUT2D eigenvalue weighted by atomic mass is 10.4. The van der Waals surface area contributed by atoms with Crippen LogP contribution in [0.4, 0.5) is 0 Å². The first-order valence-electron chi connectivity index (χ1n) is 3.73. The van der Waals surface area contributed by atoms with Crippen molar-refractivity contribution in [3.8, 4) is 0 Å². The van der Waals surface area contributed by atoms with Crippen LogP contribution in [-0.4, -0.2) is 14.9 Å². The largest absolute Gasteiger partial charge is 0.364 e. The molecule has 0 saturated carbocycles. The van der Waals surface area contributed by atoms with E-state index in [0.717, 1.165) is 11.3 Å². The highest BCUT2D eigenvalue weighted by Crippen LogP contribution is 2.00. The van der Waals surface area contributed by atoms with Gasteiger partial charge in [0.15, 0.2) is 0 Å². The Morgan fingerprint density at radius 2 is 2.50 bits per heavy atom. The normalized spacial score (nSPS) is 10.4. The molecule has 62 valence electrons. The highest BCUT2D eigenvalue weighted by Gasteiger charge is 1.98. The van der Waals surface area contributed by atoms with E-state index >= 15 is 0 Å². The summed E-state index contributed by atoms with van der Waals surface area (Å²) in [5, 5.41) is 7.91. The lowest BCUT2D eigenvalue weighted by Crippen LogP contribution is -1.99. The molecule has 0 aliphatic rings. The Bertz CT molecular complexity index is 350. The van der Waals surface area contributed by atoms with E-state index in [4.69, 9.17) is 4.52 Å². The van der Waals surface area contributed by atoms with E-state index in [9.17, 15) is 0 Å². The summed E-state index contributed by atoms with van der Waals surface area (Å²) in [4.78, 5) is 0. The Morgan fingerprint density at radius 3 is 3.08 bits per heavy atom. The molecule has 0 radical (unpaired) electrons. The van der Waals surface area contributed by atoms with Crippen LogP contribution in [0.1, 0.15) is 11.3 Å². The third-order valence-electron chi connectivity index (χ3n) is 1.58. The van der Waals surface area contributed by atoms with Crippen LogP contribution in [0.3, 0.4) is 0 Å².